The Labute approximate surface area is 279 Å². The second-order valence-electron chi connectivity index (χ2n) is 10.7. The van der Waals surface area contributed by atoms with Crippen molar-refractivity contribution in [1.29, 1.82) is 0 Å². The molecular formula is C34H24Cl2F8N2O2. The van der Waals surface area contributed by atoms with Crippen LogP contribution in [0.5, 0.6) is 0 Å². The highest BCUT2D eigenvalue weighted by Gasteiger charge is 2.43. The van der Waals surface area contributed by atoms with Crippen molar-refractivity contribution in [2.75, 3.05) is 16.8 Å². The monoisotopic (exact) mass is 714 g/mol. The Morgan fingerprint density at radius 2 is 1.31 bits per heavy atom. The minimum atomic E-state index is -4.69. The third-order valence-corrected chi connectivity index (χ3v) is 8.28. The number of rotatable bonds is 7. The highest BCUT2D eigenvalue weighted by Crippen LogP contribution is 2.49. The zero-order valence-electron chi connectivity index (χ0n) is 24.7. The van der Waals surface area contributed by atoms with E-state index >= 15 is 0 Å². The van der Waals surface area contributed by atoms with Crippen molar-refractivity contribution >= 4 is 40.5 Å². The standard InChI is InChI=1S/C34H24Cl2F8N2O2/c1-2-48-32(47)30-28(45-22-11-13-26(37)24(35)15-22)17-29(18-3-7-20(8-4-18)33(39,40)41)46(23-12-14-27(38)25(36)16-23)31(30)19-5-9-21(10-6-19)34(42,43)44/h3-16,29,31,45H,2,17H2,1H3. The van der Waals surface area contributed by atoms with Gasteiger partial charge in [0.1, 0.15) is 11.6 Å². The molecule has 0 aliphatic carbocycles. The molecule has 1 aliphatic heterocycles. The molecule has 0 fully saturated rings. The van der Waals surface area contributed by atoms with Gasteiger partial charge < -0.3 is 15.0 Å². The maximum absolute atomic E-state index is 14.4. The number of halogens is 10. The number of carbonyl (C=O) groups excluding carboxylic acids is 1. The quantitative estimate of drug-likeness (QED) is 0.153. The minimum absolute atomic E-state index is 0.0827. The molecular weight excluding hydrogens is 691 g/mol. The summed E-state index contributed by atoms with van der Waals surface area (Å²) in [6, 6.07) is 13.2. The molecule has 1 aliphatic rings. The van der Waals surface area contributed by atoms with Crippen molar-refractivity contribution in [1.82, 2.24) is 0 Å². The molecule has 4 nitrogen and oxygen atoms in total. The molecule has 1 N–H and O–H groups in total. The molecule has 4 aromatic rings. The topological polar surface area (TPSA) is 41.6 Å². The largest absolute Gasteiger partial charge is 0.463 e. The molecule has 252 valence electrons. The SMILES string of the molecule is CCOC(=O)C1=C(Nc2ccc(F)c(Cl)c2)CC(c2ccc(C(F)(F)F)cc2)N(c2ccc(F)c(Cl)c2)C1c1ccc(C(F)(F)F)cc1. The second-order valence-corrected chi connectivity index (χ2v) is 11.5. The molecule has 0 saturated heterocycles. The summed E-state index contributed by atoms with van der Waals surface area (Å²) in [5.41, 5.74) is -0.940. The smallest absolute Gasteiger partial charge is 0.416 e. The Hall–Kier alpha value is -4.29. The predicted molar refractivity (Wildman–Crippen MR) is 166 cm³/mol. The summed E-state index contributed by atoms with van der Waals surface area (Å²) in [5, 5.41) is 2.48. The van der Waals surface area contributed by atoms with E-state index in [-0.39, 0.29) is 51.3 Å². The summed E-state index contributed by atoms with van der Waals surface area (Å²) in [4.78, 5) is 15.4. The van der Waals surface area contributed by atoms with Crippen LogP contribution in [0.4, 0.5) is 46.5 Å². The fourth-order valence-corrected chi connectivity index (χ4v) is 5.88. The van der Waals surface area contributed by atoms with Gasteiger partial charge in [0.05, 0.1) is 45.4 Å². The van der Waals surface area contributed by atoms with Crippen LogP contribution in [0.25, 0.3) is 0 Å². The zero-order valence-corrected chi connectivity index (χ0v) is 26.2. The Kier molecular flexibility index (Phi) is 9.98. The first-order chi connectivity index (χ1) is 22.6. The van der Waals surface area contributed by atoms with Crippen LogP contribution >= 0.6 is 23.2 Å². The summed E-state index contributed by atoms with van der Waals surface area (Å²) in [7, 11) is 0. The van der Waals surface area contributed by atoms with Crippen LogP contribution in [-0.2, 0) is 21.9 Å². The number of hydrogen-bond acceptors (Lipinski definition) is 4. The molecule has 0 saturated carbocycles. The molecule has 0 spiro atoms. The first-order valence-electron chi connectivity index (χ1n) is 14.3. The van der Waals surface area contributed by atoms with Gasteiger partial charge in [-0.1, -0.05) is 47.5 Å². The molecule has 5 rings (SSSR count). The number of esters is 1. The molecule has 4 aromatic carbocycles. The number of nitrogens with zero attached hydrogens (tertiary/aromatic N) is 1. The van der Waals surface area contributed by atoms with Crippen LogP contribution in [0.15, 0.2) is 96.2 Å². The lowest BCUT2D eigenvalue weighted by Crippen LogP contribution is -2.42. The lowest BCUT2D eigenvalue weighted by atomic mass is 9.83. The molecule has 0 radical (unpaired) electrons. The van der Waals surface area contributed by atoms with Gasteiger partial charge in [-0.3, -0.25) is 0 Å². The number of ether oxygens (including phenoxy) is 1. The van der Waals surface area contributed by atoms with Crippen molar-refractivity contribution in [3.63, 3.8) is 0 Å². The van der Waals surface area contributed by atoms with Gasteiger partial charge in [-0.2, -0.15) is 26.3 Å². The number of carbonyl (C=O) groups is 1. The van der Waals surface area contributed by atoms with Gasteiger partial charge in [-0.05, 0) is 78.7 Å². The third kappa shape index (κ3) is 7.39. The summed E-state index contributed by atoms with van der Waals surface area (Å²) in [5.74, 6) is -2.39. The Balaban J connectivity index is 1.81. The van der Waals surface area contributed by atoms with E-state index in [1.54, 1.807) is 11.8 Å². The minimum Gasteiger partial charge on any atom is -0.463 e. The van der Waals surface area contributed by atoms with Crippen LogP contribution in [0.1, 0.15) is 47.7 Å². The van der Waals surface area contributed by atoms with Gasteiger partial charge in [0, 0.05) is 23.5 Å². The van der Waals surface area contributed by atoms with Gasteiger partial charge in [0.15, 0.2) is 0 Å². The van der Waals surface area contributed by atoms with Gasteiger partial charge in [-0.15, -0.1) is 0 Å². The van der Waals surface area contributed by atoms with Crippen molar-refractivity contribution in [2.45, 2.75) is 37.8 Å². The van der Waals surface area contributed by atoms with Crippen molar-refractivity contribution in [2.24, 2.45) is 0 Å². The zero-order chi connectivity index (χ0) is 35.0. The molecule has 0 aromatic heterocycles. The maximum atomic E-state index is 14.4. The maximum Gasteiger partial charge on any atom is 0.416 e. The summed E-state index contributed by atoms with van der Waals surface area (Å²) < 4.78 is 115. The average Bonchev–Trinajstić information content (AvgIpc) is 3.03. The van der Waals surface area contributed by atoms with Crippen LogP contribution in [0, 0.1) is 11.6 Å². The highest BCUT2D eigenvalue weighted by atomic mass is 35.5. The van der Waals surface area contributed by atoms with E-state index in [1.165, 1.54) is 36.4 Å². The first kappa shape index (κ1) is 35.0. The molecule has 48 heavy (non-hydrogen) atoms. The fraction of sp³-hybridized carbons (Fsp3) is 0.206. The van der Waals surface area contributed by atoms with E-state index in [0.29, 0.717) is 5.56 Å². The second kappa shape index (κ2) is 13.7. The van der Waals surface area contributed by atoms with Gasteiger partial charge in [0.2, 0.25) is 0 Å². The van der Waals surface area contributed by atoms with Crippen molar-refractivity contribution in [3.05, 3.63) is 140 Å². The third-order valence-electron chi connectivity index (χ3n) is 7.70. The van der Waals surface area contributed by atoms with E-state index < -0.39 is 53.2 Å². The Bertz CT molecular complexity index is 1840. The Morgan fingerprint density at radius 1 is 0.792 bits per heavy atom. The van der Waals surface area contributed by atoms with Gasteiger partial charge in [-0.25, -0.2) is 13.6 Å². The predicted octanol–water partition coefficient (Wildman–Crippen LogP) is 10.9. The van der Waals surface area contributed by atoms with E-state index in [1.807, 2.05) is 0 Å². The van der Waals surface area contributed by atoms with Crippen molar-refractivity contribution < 1.29 is 44.7 Å². The van der Waals surface area contributed by atoms with E-state index in [9.17, 15) is 39.9 Å². The molecule has 0 amide bonds. The van der Waals surface area contributed by atoms with E-state index in [2.05, 4.69) is 5.32 Å². The normalized spacial score (nSPS) is 17.0. The fourth-order valence-electron chi connectivity index (χ4n) is 5.52. The number of hydrogen-bond donors (Lipinski definition) is 1. The summed E-state index contributed by atoms with van der Waals surface area (Å²) in [6.07, 6.45) is -9.46. The van der Waals surface area contributed by atoms with Crippen LogP contribution in [0.2, 0.25) is 10.0 Å². The van der Waals surface area contributed by atoms with Crippen LogP contribution < -0.4 is 10.2 Å². The highest BCUT2D eigenvalue weighted by molar-refractivity contribution is 6.31. The van der Waals surface area contributed by atoms with E-state index in [0.717, 1.165) is 48.5 Å². The van der Waals surface area contributed by atoms with Gasteiger partial charge >= 0.3 is 18.3 Å². The number of alkyl halides is 6. The van der Waals surface area contributed by atoms with Crippen molar-refractivity contribution in [3.8, 4) is 0 Å². The van der Waals surface area contributed by atoms with Gasteiger partial charge in [0.25, 0.3) is 0 Å². The average molecular weight is 715 g/mol. The molecule has 2 atom stereocenters. The summed E-state index contributed by atoms with van der Waals surface area (Å²) >= 11 is 12.2. The number of nitrogens with one attached hydrogen (secondary N) is 1. The molecule has 2 unspecified atom stereocenters. The lowest BCUT2D eigenvalue weighted by molar-refractivity contribution is -0.139. The molecule has 1 heterocycles. The van der Waals surface area contributed by atoms with E-state index in [4.69, 9.17) is 27.9 Å². The molecule has 14 heteroatoms. The lowest BCUT2D eigenvalue weighted by Gasteiger charge is -2.46. The number of benzene rings is 4. The first-order valence-corrected chi connectivity index (χ1v) is 15.0. The van der Waals surface area contributed by atoms with Crippen LogP contribution in [0.3, 0.4) is 0 Å². The summed E-state index contributed by atoms with van der Waals surface area (Å²) in [6.45, 7) is 1.45. The number of anilines is 2. The van der Waals surface area contributed by atoms with Crippen LogP contribution in [-0.4, -0.2) is 12.6 Å². The molecule has 0 bridgehead atoms. The Morgan fingerprint density at radius 3 is 1.81 bits per heavy atom.